The Morgan fingerprint density at radius 2 is 1.78 bits per heavy atom. The van der Waals surface area contributed by atoms with Crippen LogP contribution in [0.4, 0.5) is 0 Å². The van der Waals surface area contributed by atoms with Crippen LogP contribution in [0.25, 0.3) is 22.0 Å². The largest absolute Gasteiger partial charge is 0.220 e. The topological polar surface area (TPSA) is 3.88 Å². The maximum absolute atomic E-state index is 2.50. The van der Waals surface area contributed by atoms with Gasteiger partial charge in [0, 0.05) is 17.9 Å². The first-order chi connectivity index (χ1) is 13.2. The highest BCUT2D eigenvalue weighted by atomic mass is 15.0. The second kappa shape index (κ2) is 7.46. The lowest BCUT2D eigenvalue weighted by Gasteiger charge is -2.31. The van der Waals surface area contributed by atoms with Crippen molar-refractivity contribution < 1.29 is 4.57 Å². The first-order valence-corrected chi connectivity index (χ1v) is 10.8. The highest BCUT2D eigenvalue weighted by Crippen LogP contribution is 2.43. The summed E-state index contributed by atoms with van der Waals surface area (Å²) in [5.74, 6) is 0. The quantitative estimate of drug-likeness (QED) is 0.452. The highest BCUT2D eigenvalue weighted by molar-refractivity contribution is 5.94. The monoisotopic (exact) mass is 358 g/mol. The minimum atomic E-state index is 0.288. The molecule has 1 aromatic heterocycles. The van der Waals surface area contributed by atoms with Crippen molar-refractivity contribution in [3.63, 3.8) is 0 Å². The highest BCUT2D eigenvalue weighted by Gasteiger charge is 2.37. The molecular formula is C26H32N+. The minimum absolute atomic E-state index is 0.288. The molecule has 4 rings (SSSR count). The van der Waals surface area contributed by atoms with Gasteiger partial charge < -0.3 is 0 Å². The van der Waals surface area contributed by atoms with Crippen LogP contribution in [0, 0.1) is 0 Å². The van der Waals surface area contributed by atoms with Gasteiger partial charge in [-0.15, -0.1) is 0 Å². The molecule has 140 valence electrons. The number of hydrogen-bond donors (Lipinski definition) is 0. The van der Waals surface area contributed by atoms with E-state index in [0.29, 0.717) is 0 Å². The summed E-state index contributed by atoms with van der Waals surface area (Å²) in [6.07, 6.45) is 9.64. The fourth-order valence-corrected chi connectivity index (χ4v) is 4.99. The Bertz CT molecular complexity index is 950. The molecule has 0 saturated carbocycles. The molecule has 0 saturated heterocycles. The maximum atomic E-state index is 2.50. The Morgan fingerprint density at radius 1 is 0.963 bits per heavy atom. The molecule has 1 nitrogen and oxygen atoms in total. The van der Waals surface area contributed by atoms with Crippen LogP contribution in [0.3, 0.4) is 0 Å². The fourth-order valence-electron chi connectivity index (χ4n) is 4.99. The average Bonchev–Trinajstić information content (AvgIpc) is 2.87. The van der Waals surface area contributed by atoms with Crippen LogP contribution < -0.4 is 4.57 Å². The molecule has 0 fully saturated rings. The molecule has 0 spiro atoms. The van der Waals surface area contributed by atoms with Gasteiger partial charge in [0.1, 0.15) is 6.54 Å². The molecule has 0 unspecified atom stereocenters. The lowest BCUT2D eigenvalue weighted by Crippen LogP contribution is -2.37. The van der Waals surface area contributed by atoms with Gasteiger partial charge in [0.15, 0.2) is 6.20 Å². The predicted molar refractivity (Wildman–Crippen MR) is 115 cm³/mol. The third-order valence-electron chi connectivity index (χ3n) is 6.85. The van der Waals surface area contributed by atoms with E-state index in [9.17, 15) is 0 Å². The van der Waals surface area contributed by atoms with E-state index in [2.05, 4.69) is 80.1 Å². The number of nitrogens with zero attached hydrogens (tertiary/aromatic N) is 1. The van der Waals surface area contributed by atoms with Crippen molar-refractivity contribution in [2.45, 2.75) is 71.3 Å². The standard InChI is InChI=1S/C26H32N/c1-4-7-10-20-13-14-22-21(19-20)15-17-27-18-16-26(5-2,6-3)24-12-9-8-11-23(24)25(22)27/h8-9,11-15,17,19H,4-7,10,16,18H2,1-3H3/q+1. The van der Waals surface area contributed by atoms with Gasteiger partial charge in [-0.1, -0.05) is 57.5 Å². The molecule has 0 radical (unpaired) electrons. The van der Waals surface area contributed by atoms with E-state index in [1.165, 1.54) is 66.1 Å². The number of unbranched alkanes of at least 4 members (excludes halogenated alkanes) is 1. The summed E-state index contributed by atoms with van der Waals surface area (Å²) in [4.78, 5) is 0. The van der Waals surface area contributed by atoms with Crippen molar-refractivity contribution in [3.05, 3.63) is 65.9 Å². The van der Waals surface area contributed by atoms with Crippen LogP contribution >= 0.6 is 0 Å². The molecule has 27 heavy (non-hydrogen) atoms. The van der Waals surface area contributed by atoms with Crippen LogP contribution in [0.15, 0.2) is 54.7 Å². The zero-order chi connectivity index (χ0) is 18.9. The second-order valence-corrected chi connectivity index (χ2v) is 8.17. The molecular weight excluding hydrogens is 326 g/mol. The molecule has 1 aliphatic heterocycles. The maximum Gasteiger partial charge on any atom is 0.220 e. The smallest absolute Gasteiger partial charge is 0.198 e. The van der Waals surface area contributed by atoms with E-state index in [-0.39, 0.29) is 5.41 Å². The van der Waals surface area contributed by atoms with Crippen LogP contribution in [0.1, 0.15) is 64.0 Å². The molecule has 3 aromatic rings. The summed E-state index contributed by atoms with van der Waals surface area (Å²) in [7, 11) is 0. The van der Waals surface area contributed by atoms with Crippen molar-refractivity contribution in [2.24, 2.45) is 0 Å². The van der Waals surface area contributed by atoms with Gasteiger partial charge in [0.25, 0.3) is 0 Å². The van der Waals surface area contributed by atoms with E-state index in [1.54, 1.807) is 5.56 Å². The minimum Gasteiger partial charge on any atom is -0.198 e. The number of rotatable bonds is 5. The molecule has 2 heterocycles. The number of fused-ring (bicyclic) bond motifs is 5. The van der Waals surface area contributed by atoms with Crippen molar-refractivity contribution in [3.8, 4) is 11.3 Å². The van der Waals surface area contributed by atoms with Gasteiger partial charge >= 0.3 is 0 Å². The second-order valence-electron chi connectivity index (χ2n) is 8.17. The molecule has 0 atom stereocenters. The van der Waals surface area contributed by atoms with Gasteiger partial charge in [-0.25, -0.2) is 0 Å². The number of benzene rings is 2. The number of aromatic nitrogens is 1. The number of pyridine rings is 1. The van der Waals surface area contributed by atoms with E-state index >= 15 is 0 Å². The summed E-state index contributed by atoms with van der Waals surface area (Å²) in [5.41, 5.74) is 6.15. The molecule has 2 aromatic carbocycles. The van der Waals surface area contributed by atoms with E-state index in [0.717, 1.165) is 6.54 Å². The summed E-state index contributed by atoms with van der Waals surface area (Å²) >= 11 is 0. The lowest BCUT2D eigenvalue weighted by atomic mass is 9.72. The Balaban J connectivity index is 1.94. The predicted octanol–water partition coefficient (Wildman–Crippen LogP) is 6.60. The Labute approximate surface area is 164 Å². The van der Waals surface area contributed by atoms with Crippen LogP contribution in [-0.4, -0.2) is 0 Å². The lowest BCUT2D eigenvalue weighted by molar-refractivity contribution is -0.685. The van der Waals surface area contributed by atoms with Crippen LogP contribution in [0.5, 0.6) is 0 Å². The molecule has 1 heteroatoms. The third-order valence-corrected chi connectivity index (χ3v) is 6.85. The first kappa shape index (κ1) is 18.2. The average molecular weight is 359 g/mol. The molecule has 0 aliphatic carbocycles. The van der Waals surface area contributed by atoms with Gasteiger partial charge in [-0.05, 0) is 54.3 Å². The summed E-state index contributed by atoms with van der Waals surface area (Å²) in [6, 6.07) is 18.6. The van der Waals surface area contributed by atoms with Gasteiger partial charge in [-0.2, -0.15) is 4.57 Å². The van der Waals surface area contributed by atoms with E-state index < -0.39 is 0 Å². The third kappa shape index (κ3) is 3.08. The Kier molecular flexibility index (Phi) is 5.04. The van der Waals surface area contributed by atoms with Gasteiger partial charge in [0.05, 0.1) is 10.9 Å². The van der Waals surface area contributed by atoms with Crippen molar-refractivity contribution in [1.82, 2.24) is 0 Å². The van der Waals surface area contributed by atoms with Crippen molar-refractivity contribution >= 4 is 10.8 Å². The van der Waals surface area contributed by atoms with E-state index in [1.807, 2.05) is 0 Å². The Hall–Kier alpha value is -2.15. The SMILES string of the molecule is CCCCc1ccc2c3[n+](ccc2c1)CCC(CC)(CC)c1ccccc1-3. The molecule has 0 N–H and O–H groups in total. The molecule has 1 aliphatic rings. The molecule has 0 bridgehead atoms. The summed E-state index contributed by atoms with van der Waals surface area (Å²) < 4.78 is 2.50. The van der Waals surface area contributed by atoms with Crippen LogP contribution in [-0.2, 0) is 18.4 Å². The van der Waals surface area contributed by atoms with Gasteiger partial charge in [-0.3, -0.25) is 0 Å². The summed E-state index contributed by atoms with van der Waals surface area (Å²) in [6.45, 7) is 8.08. The zero-order valence-electron chi connectivity index (χ0n) is 17.1. The normalized spacial score (nSPS) is 15.2. The van der Waals surface area contributed by atoms with E-state index in [4.69, 9.17) is 0 Å². The number of hydrogen-bond acceptors (Lipinski definition) is 0. The van der Waals surface area contributed by atoms with Crippen LogP contribution in [0.2, 0.25) is 0 Å². The summed E-state index contributed by atoms with van der Waals surface area (Å²) in [5, 5.41) is 2.78. The fraction of sp³-hybridized carbons (Fsp3) is 0.423. The molecule has 0 amide bonds. The van der Waals surface area contributed by atoms with Crippen molar-refractivity contribution in [1.29, 1.82) is 0 Å². The number of aryl methyl sites for hydroxylation is 2. The zero-order valence-corrected chi connectivity index (χ0v) is 17.1. The Morgan fingerprint density at radius 3 is 2.56 bits per heavy atom. The van der Waals surface area contributed by atoms with Gasteiger partial charge in [0.2, 0.25) is 5.69 Å². The first-order valence-electron chi connectivity index (χ1n) is 10.8. The van der Waals surface area contributed by atoms with Crippen molar-refractivity contribution in [2.75, 3.05) is 0 Å².